The van der Waals surface area contributed by atoms with Gasteiger partial charge < -0.3 is 14.4 Å². The number of carboxylic acid groups (broad SMARTS) is 1. The van der Waals surface area contributed by atoms with E-state index in [-0.39, 0.29) is 28.0 Å². The van der Waals surface area contributed by atoms with Crippen molar-refractivity contribution in [3.8, 4) is 5.75 Å². The molecular weight excluding hydrogens is 305 g/mol. The van der Waals surface area contributed by atoms with E-state index in [1.54, 1.807) is 13.8 Å². The van der Waals surface area contributed by atoms with Crippen LogP contribution in [-0.2, 0) is 6.61 Å². The molecule has 0 amide bonds. The Balaban J connectivity index is 2.32. The Bertz CT molecular complexity index is 647. The third-order valence-corrected chi connectivity index (χ3v) is 3.28. The number of halogens is 2. The minimum atomic E-state index is -1.16. The number of aryl methyl sites for hydroxylation is 2. The molecule has 0 fully saturated rings. The third kappa shape index (κ3) is 2.89. The van der Waals surface area contributed by atoms with Crippen molar-refractivity contribution < 1.29 is 19.2 Å². The van der Waals surface area contributed by atoms with E-state index >= 15 is 0 Å². The Labute approximate surface area is 125 Å². The van der Waals surface area contributed by atoms with Crippen LogP contribution in [0, 0.1) is 13.8 Å². The zero-order valence-corrected chi connectivity index (χ0v) is 12.2. The van der Waals surface area contributed by atoms with Gasteiger partial charge in [-0.25, -0.2) is 4.79 Å². The molecule has 106 valence electrons. The average molecular weight is 316 g/mol. The second-order valence-electron chi connectivity index (χ2n) is 4.16. The Morgan fingerprint density at radius 1 is 1.40 bits per heavy atom. The van der Waals surface area contributed by atoms with Gasteiger partial charge in [-0.1, -0.05) is 28.4 Å². The summed E-state index contributed by atoms with van der Waals surface area (Å²) >= 11 is 11.8. The van der Waals surface area contributed by atoms with Crippen molar-refractivity contribution in [3.63, 3.8) is 0 Å². The predicted octanol–water partition coefficient (Wildman–Crippen LogP) is 3.88. The van der Waals surface area contributed by atoms with Crippen molar-refractivity contribution in [1.82, 2.24) is 5.16 Å². The van der Waals surface area contributed by atoms with Gasteiger partial charge in [-0.2, -0.15) is 0 Å². The maximum absolute atomic E-state index is 11.2. The number of carboxylic acids is 1. The SMILES string of the molecule is Cc1noc(C)c1COc1c(Cl)cc(Cl)cc1C(=O)O. The van der Waals surface area contributed by atoms with Gasteiger partial charge in [0.15, 0.2) is 5.75 Å². The fraction of sp³-hybridized carbons (Fsp3) is 0.231. The lowest BCUT2D eigenvalue weighted by molar-refractivity contribution is 0.0692. The Morgan fingerprint density at radius 3 is 2.65 bits per heavy atom. The molecule has 0 saturated carbocycles. The molecule has 1 N–H and O–H groups in total. The monoisotopic (exact) mass is 315 g/mol. The minimum absolute atomic E-state index is 0.0727. The molecule has 0 atom stereocenters. The van der Waals surface area contributed by atoms with Gasteiger partial charge in [0.05, 0.1) is 16.3 Å². The minimum Gasteiger partial charge on any atom is -0.486 e. The lowest BCUT2D eigenvalue weighted by atomic mass is 10.2. The van der Waals surface area contributed by atoms with Gasteiger partial charge in [0.2, 0.25) is 0 Å². The summed E-state index contributed by atoms with van der Waals surface area (Å²) in [6.07, 6.45) is 0. The average Bonchev–Trinajstić information content (AvgIpc) is 2.67. The molecule has 2 rings (SSSR count). The fourth-order valence-corrected chi connectivity index (χ4v) is 2.27. The molecule has 7 heteroatoms. The van der Waals surface area contributed by atoms with Gasteiger partial charge in [0, 0.05) is 5.02 Å². The number of aromatic nitrogens is 1. The maximum Gasteiger partial charge on any atom is 0.339 e. The molecule has 20 heavy (non-hydrogen) atoms. The van der Waals surface area contributed by atoms with Gasteiger partial charge in [-0.3, -0.25) is 0 Å². The van der Waals surface area contributed by atoms with Crippen molar-refractivity contribution in [3.05, 3.63) is 44.8 Å². The molecular formula is C13H11Cl2NO4. The normalized spacial score (nSPS) is 10.6. The number of rotatable bonds is 4. The number of carbonyl (C=O) groups is 1. The van der Waals surface area contributed by atoms with Gasteiger partial charge in [0.25, 0.3) is 0 Å². The molecule has 1 aromatic carbocycles. The van der Waals surface area contributed by atoms with Crippen LogP contribution < -0.4 is 4.74 Å². The summed E-state index contributed by atoms with van der Waals surface area (Å²) in [6, 6.07) is 2.72. The molecule has 0 saturated heterocycles. The Hall–Kier alpha value is -1.72. The molecule has 1 heterocycles. The van der Waals surface area contributed by atoms with Crippen LogP contribution in [0.3, 0.4) is 0 Å². The van der Waals surface area contributed by atoms with Gasteiger partial charge in [-0.15, -0.1) is 0 Å². The maximum atomic E-state index is 11.2. The summed E-state index contributed by atoms with van der Waals surface area (Å²) < 4.78 is 10.5. The first-order chi connectivity index (χ1) is 9.40. The topological polar surface area (TPSA) is 72.6 Å². The second-order valence-corrected chi connectivity index (χ2v) is 5.00. The molecule has 2 aromatic rings. The predicted molar refractivity (Wildman–Crippen MR) is 73.7 cm³/mol. The van der Waals surface area contributed by atoms with E-state index in [0.29, 0.717) is 11.5 Å². The summed E-state index contributed by atoms with van der Waals surface area (Å²) in [5.41, 5.74) is 1.35. The van der Waals surface area contributed by atoms with Crippen molar-refractivity contribution in [2.24, 2.45) is 0 Å². The highest BCUT2D eigenvalue weighted by molar-refractivity contribution is 6.36. The van der Waals surface area contributed by atoms with Crippen LogP contribution in [0.15, 0.2) is 16.7 Å². The quantitative estimate of drug-likeness (QED) is 0.927. The van der Waals surface area contributed by atoms with Crippen molar-refractivity contribution in [2.45, 2.75) is 20.5 Å². The van der Waals surface area contributed by atoms with Crippen LogP contribution in [0.4, 0.5) is 0 Å². The number of hydrogen-bond donors (Lipinski definition) is 1. The van der Waals surface area contributed by atoms with E-state index < -0.39 is 5.97 Å². The van der Waals surface area contributed by atoms with E-state index in [1.807, 2.05) is 0 Å². The number of nitrogens with zero attached hydrogens (tertiary/aromatic N) is 1. The summed E-state index contributed by atoms with van der Waals surface area (Å²) in [4.78, 5) is 11.2. The summed E-state index contributed by atoms with van der Waals surface area (Å²) in [5.74, 6) is -0.476. The molecule has 1 aromatic heterocycles. The van der Waals surface area contributed by atoms with E-state index in [9.17, 15) is 4.79 Å². The number of benzene rings is 1. The first-order valence-electron chi connectivity index (χ1n) is 5.67. The van der Waals surface area contributed by atoms with Crippen LogP contribution in [-0.4, -0.2) is 16.2 Å². The highest BCUT2D eigenvalue weighted by atomic mass is 35.5. The standard InChI is InChI=1S/C13H11Cl2NO4/c1-6-10(7(2)20-16-6)5-19-12-9(13(17)18)3-8(14)4-11(12)15/h3-4H,5H2,1-2H3,(H,17,18). The smallest absolute Gasteiger partial charge is 0.339 e. The lowest BCUT2D eigenvalue weighted by Gasteiger charge is -2.11. The van der Waals surface area contributed by atoms with Crippen LogP contribution in [0.2, 0.25) is 10.0 Å². The molecule has 0 aliphatic carbocycles. The third-order valence-electron chi connectivity index (χ3n) is 2.78. The number of aromatic carboxylic acids is 1. The van der Waals surface area contributed by atoms with Gasteiger partial charge in [0.1, 0.15) is 17.9 Å². The van der Waals surface area contributed by atoms with Crippen LogP contribution in [0.1, 0.15) is 27.4 Å². The van der Waals surface area contributed by atoms with E-state index in [0.717, 1.165) is 5.56 Å². The fourth-order valence-electron chi connectivity index (χ4n) is 1.72. The Morgan fingerprint density at radius 2 is 2.10 bits per heavy atom. The van der Waals surface area contributed by atoms with Crippen LogP contribution in [0.25, 0.3) is 0 Å². The second kappa shape index (κ2) is 5.73. The lowest BCUT2D eigenvalue weighted by Crippen LogP contribution is -2.05. The van der Waals surface area contributed by atoms with Crippen molar-refractivity contribution in [2.75, 3.05) is 0 Å². The summed E-state index contributed by atoms with van der Waals surface area (Å²) in [5, 5.41) is 13.3. The first kappa shape index (κ1) is 14.7. The van der Waals surface area contributed by atoms with Crippen molar-refractivity contribution >= 4 is 29.2 Å². The van der Waals surface area contributed by atoms with E-state index in [4.69, 9.17) is 37.6 Å². The van der Waals surface area contributed by atoms with Gasteiger partial charge >= 0.3 is 5.97 Å². The molecule has 0 bridgehead atoms. The number of hydrogen-bond acceptors (Lipinski definition) is 4. The zero-order valence-electron chi connectivity index (χ0n) is 10.7. The first-order valence-corrected chi connectivity index (χ1v) is 6.42. The molecule has 0 radical (unpaired) electrons. The summed E-state index contributed by atoms with van der Waals surface area (Å²) in [6.45, 7) is 3.64. The number of ether oxygens (including phenoxy) is 1. The zero-order chi connectivity index (χ0) is 14.9. The Kier molecular flexibility index (Phi) is 4.20. The van der Waals surface area contributed by atoms with Gasteiger partial charge in [-0.05, 0) is 26.0 Å². The van der Waals surface area contributed by atoms with Crippen molar-refractivity contribution in [1.29, 1.82) is 0 Å². The molecule has 0 aliphatic heterocycles. The molecule has 0 spiro atoms. The molecule has 5 nitrogen and oxygen atoms in total. The van der Waals surface area contributed by atoms with E-state index in [1.165, 1.54) is 12.1 Å². The van der Waals surface area contributed by atoms with E-state index in [2.05, 4.69) is 5.16 Å². The highest BCUT2D eigenvalue weighted by Crippen LogP contribution is 2.33. The molecule has 0 unspecified atom stereocenters. The summed E-state index contributed by atoms with van der Waals surface area (Å²) in [7, 11) is 0. The largest absolute Gasteiger partial charge is 0.486 e. The van der Waals surface area contributed by atoms with Crippen LogP contribution in [0.5, 0.6) is 5.75 Å². The molecule has 0 aliphatic rings. The van der Waals surface area contributed by atoms with Crippen LogP contribution >= 0.6 is 23.2 Å². The highest BCUT2D eigenvalue weighted by Gasteiger charge is 2.18.